The smallest absolute Gasteiger partial charge is 0.125 e. The van der Waals surface area contributed by atoms with E-state index in [1.807, 2.05) is 13.0 Å². The second-order valence-electron chi connectivity index (χ2n) is 4.01. The molecule has 0 aliphatic carbocycles. The zero-order valence-electron chi connectivity index (χ0n) is 9.38. The Morgan fingerprint density at radius 1 is 1.33 bits per heavy atom. The van der Waals surface area contributed by atoms with E-state index in [-0.39, 0.29) is 0 Å². The Hall–Kier alpha value is -1.29. The van der Waals surface area contributed by atoms with Crippen LogP contribution in [0.3, 0.4) is 0 Å². The van der Waals surface area contributed by atoms with Crippen molar-refractivity contribution < 1.29 is 0 Å². The number of aromatic nitrogens is 1. The third kappa shape index (κ3) is 2.04. The number of piperazine rings is 1. The number of rotatable bonds is 1. The third-order valence-corrected chi connectivity index (χ3v) is 2.97. The molecule has 82 valence electrons. The Morgan fingerprint density at radius 2 is 2.00 bits per heavy atom. The van der Waals surface area contributed by atoms with Gasteiger partial charge < -0.3 is 16.0 Å². The van der Waals surface area contributed by atoms with Crippen molar-refractivity contribution in [1.82, 2.24) is 10.3 Å². The van der Waals surface area contributed by atoms with Gasteiger partial charge in [0.2, 0.25) is 0 Å². The molecule has 1 aliphatic rings. The highest BCUT2D eigenvalue weighted by atomic mass is 15.2. The van der Waals surface area contributed by atoms with Crippen LogP contribution in [0, 0.1) is 13.8 Å². The maximum absolute atomic E-state index is 5.78. The standard InChI is InChI=1S/C11H18N4/c1-8-9(2)14-11(12)7-10(8)15-5-3-13-4-6-15/h7,13H,3-6H2,1-2H3,(H2,12,14). The summed E-state index contributed by atoms with van der Waals surface area (Å²) >= 11 is 0. The first kappa shape index (κ1) is 10.2. The Balaban J connectivity index is 2.33. The number of nitrogens with zero attached hydrogens (tertiary/aromatic N) is 2. The number of aryl methyl sites for hydroxylation is 1. The molecule has 0 atom stereocenters. The highest BCUT2D eigenvalue weighted by Gasteiger charge is 2.14. The number of pyridine rings is 1. The molecule has 0 spiro atoms. The van der Waals surface area contributed by atoms with Crippen LogP contribution in [0.25, 0.3) is 0 Å². The number of hydrogen-bond acceptors (Lipinski definition) is 4. The van der Waals surface area contributed by atoms with Crippen LogP contribution >= 0.6 is 0 Å². The zero-order valence-corrected chi connectivity index (χ0v) is 9.38. The largest absolute Gasteiger partial charge is 0.384 e. The molecule has 1 fully saturated rings. The number of nitrogen functional groups attached to an aromatic ring is 1. The lowest BCUT2D eigenvalue weighted by atomic mass is 10.1. The molecule has 0 unspecified atom stereocenters. The van der Waals surface area contributed by atoms with Crippen molar-refractivity contribution in [2.24, 2.45) is 0 Å². The van der Waals surface area contributed by atoms with Crippen LogP contribution in [0.2, 0.25) is 0 Å². The average Bonchev–Trinajstić information content (AvgIpc) is 2.24. The van der Waals surface area contributed by atoms with Crippen molar-refractivity contribution in [3.63, 3.8) is 0 Å². The van der Waals surface area contributed by atoms with E-state index < -0.39 is 0 Å². The number of nitrogens with two attached hydrogens (primary N) is 1. The van der Waals surface area contributed by atoms with Gasteiger partial charge in [-0.15, -0.1) is 0 Å². The molecule has 1 saturated heterocycles. The first-order valence-corrected chi connectivity index (χ1v) is 5.38. The maximum Gasteiger partial charge on any atom is 0.125 e. The van der Waals surface area contributed by atoms with Gasteiger partial charge in [-0.3, -0.25) is 0 Å². The quantitative estimate of drug-likeness (QED) is 0.710. The summed E-state index contributed by atoms with van der Waals surface area (Å²) in [5.74, 6) is 0.617. The summed E-state index contributed by atoms with van der Waals surface area (Å²) < 4.78 is 0. The zero-order chi connectivity index (χ0) is 10.8. The van der Waals surface area contributed by atoms with E-state index in [1.165, 1.54) is 11.3 Å². The Morgan fingerprint density at radius 3 is 2.67 bits per heavy atom. The average molecular weight is 206 g/mol. The summed E-state index contributed by atoms with van der Waals surface area (Å²) in [6.07, 6.45) is 0. The van der Waals surface area contributed by atoms with Gasteiger partial charge in [0.25, 0.3) is 0 Å². The van der Waals surface area contributed by atoms with E-state index in [4.69, 9.17) is 5.73 Å². The van der Waals surface area contributed by atoms with Crippen molar-refractivity contribution >= 4 is 11.5 Å². The Labute approximate surface area is 90.5 Å². The van der Waals surface area contributed by atoms with Gasteiger partial charge in [0.15, 0.2) is 0 Å². The maximum atomic E-state index is 5.78. The van der Waals surface area contributed by atoms with Crippen LogP contribution in [0.1, 0.15) is 11.3 Å². The van der Waals surface area contributed by atoms with E-state index in [1.54, 1.807) is 0 Å². The van der Waals surface area contributed by atoms with Crippen molar-refractivity contribution in [3.8, 4) is 0 Å². The van der Waals surface area contributed by atoms with Gasteiger partial charge >= 0.3 is 0 Å². The van der Waals surface area contributed by atoms with E-state index in [9.17, 15) is 0 Å². The van der Waals surface area contributed by atoms with Crippen molar-refractivity contribution in [2.75, 3.05) is 36.8 Å². The molecule has 1 aliphatic heterocycles. The molecule has 2 rings (SSSR count). The van der Waals surface area contributed by atoms with Gasteiger partial charge in [0.05, 0.1) is 0 Å². The molecule has 0 bridgehead atoms. The fraction of sp³-hybridized carbons (Fsp3) is 0.545. The summed E-state index contributed by atoms with van der Waals surface area (Å²) in [5.41, 5.74) is 9.29. The lowest BCUT2D eigenvalue weighted by Crippen LogP contribution is -2.43. The molecule has 1 aromatic heterocycles. The molecular formula is C11H18N4. The highest BCUT2D eigenvalue weighted by molar-refractivity contribution is 5.59. The topological polar surface area (TPSA) is 54.2 Å². The molecule has 0 aromatic carbocycles. The van der Waals surface area contributed by atoms with Gasteiger partial charge in [-0.05, 0) is 19.4 Å². The fourth-order valence-electron chi connectivity index (χ4n) is 1.98. The van der Waals surface area contributed by atoms with E-state index in [2.05, 4.69) is 22.1 Å². The van der Waals surface area contributed by atoms with E-state index in [0.717, 1.165) is 31.9 Å². The second kappa shape index (κ2) is 4.06. The second-order valence-corrected chi connectivity index (χ2v) is 4.01. The predicted molar refractivity (Wildman–Crippen MR) is 63.2 cm³/mol. The van der Waals surface area contributed by atoms with Gasteiger partial charge in [-0.1, -0.05) is 0 Å². The molecule has 2 heterocycles. The number of anilines is 2. The minimum atomic E-state index is 0.617. The van der Waals surface area contributed by atoms with Crippen molar-refractivity contribution in [2.45, 2.75) is 13.8 Å². The van der Waals surface area contributed by atoms with Crippen molar-refractivity contribution in [1.29, 1.82) is 0 Å². The van der Waals surface area contributed by atoms with Crippen LogP contribution < -0.4 is 16.0 Å². The van der Waals surface area contributed by atoms with E-state index >= 15 is 0 Å². The Kier molecular flexibility index (Phi) is 2.77. The van der Waals surface area contributed by atoms with Crippen LogP contribution in [-0.2, 0) is 0 Å². The summed E-state index contributed by atoms with van der Waals surface area (Å²) in [6, 6.07) is 1.98. The van der Waals surface area contributed by atoms with E-state index in [0.29, 0.717) is 5.82 Å². The van der Waals surface area contributed by atoms with Gasteiger partial charge in [0.1, 0.15) is 5.82 Å². The predicted octanol–water partition coefficient (Wildman–Crippen LogP) is 0.690. The SMILES string of the molecule is Cc1nc(N)cc(N2CCNCC2)c1C. The molecule has 1 aromatic rings. The lowest BCUT2D eigenvalue weighted by molar-refractivity contribution is 0.588. The molecule has 15 heavy (non-hydrogen) atoms. The first-order valence-electron chi connectivity index (χ1n) is 5.38. The highest BCUT2D eigenvalue weighted by Crippen LogP contribution is 2.24. The third-order valence-electron chi connectivity index (χ3n) is 2.97. The summed E-state index contributed by atoms with van der Waals surface area (Å²) in [5, 5.41) is 3.34. The fourth-order valence-corrected chi connectivity index (χ4v) is 1.98. The molecule has 0 radical (unpaired) electrons. The number of nitrogens with one attached hydrogen (secondary N) is 1. The molecule has 3 N–H and O–H groups in total. The van der Waals surface area contributed by atoms with Gasteiger partial charge in [-0.2, -0.15) is 0 Å². The molecule has 4 nitrogen and oxygen atoms in total. The summed E-state index contributed by atoms with van der Waals surface area (Å²) in [7, 11) is 0. The van der Waals surface area contributed by atoms with Crippen LogP contribution in [0.15, 0.2) is 6.07 Å². The van der Waals surface area contributed by atoms with Crippen LogP contribution in [0.5, 0.6) is 0 Å². The normalized spacial score (nSPS) is 16.8. The Bertz CT molecular complexity index is 356. The molecule has 0 amide bonds. The van der Waals surface area contributed by atoms with Crippen LogP contribution in [0.4, 0.5) is 11.5 Å². The first-order chi connectivity index (χ1) is 7.18. The minimum Gasteiger partial charge on any atom is -0.384 e. The molecule has 4 heteroatoms. The summed E-state index contributed by atoms with van der Waals surface area (Å²) in [6.45, 7) is 8.30. The molecule has 0 saturated carbocycles. The lowest BCUT2D eigenvalue weighted by Gasteiger charge is -2.31. The number of hydrogen-bond donors (Lipinski definition) is 2. The minimum absolute atomic E-state index is 0.617. The van der Waals surface area contributed by atoms with Crippen molar-refractivity contribution in [3.05, 3.63) is 17.3 Å². The van der Waals surface area contributed by atoms with Gasteiger partial charge in [0, 0.05) is 43.6 Å². The monoisotopic (exact) mass is 206 g/mol. The van der Waals surface area contributed by atoms with Crippen LogP contribution in [-0.4, -0.2) is 31.2 Å². The summed E-state index contributed by atoms with van der Waals surface area (Å²) in [4.78, 5) is 6.64. The molecular weight excluding hydrogens is 188 g/mol. The van der Waals surface area contributed by atoms with Gasteiger partial charge in [-0.25, -0.2) is 4.98 Å².